The third-order valence-corrected chi connectivity index (χ3v) is 8.66. The summed E-state index contributed by atoms with van der Waals surface area (Å²) in [5, 5.41) is 3.11. The second kappa shape index (κ2) is 13.0. The first-order valence-corrected chi connectivity index (χ1v) is 15.3. The van der Waals surface area contributed by atoms with Crippen molar-refractivity contribution in [2.24, 2.45) is 18.7 Å². The fraction of sp³-hybridized carbons (Fsp3) is 0.387. The predicted octanol–water partition coefficient (Wildman–Crippen LogP) is 5.10. The third kappa shape index (κ3) is 6.82. The van der Waals surface area contributed by atoms with Crippen molar-refractivity contribution in [3.05, 3.63) is 64.8 Å². The Hall–Kier alpha value is -4.47. The van der Waals surface area contributed by atoms with Gasteiger partial charge in [-0.05, 0) is 37.0 Å². The minimum Gasteiger partial charge on any atom is -0.450 e. The average Bonchev–Trinajstić information content (AvgIpc) is 3.73. The van der Waals surface area contributed by atoms with Crippen molar-refractivity contribution in [2.45, 2.75) is 38.1 Å². The molecular formula is C31H33ClF3N9O3. The summed E-state index contributed by atoms with van der Waals surface area (Å²) in [7, 11) is 4.91. The number of nitrogens with one attached hydrogen (secondary N) is 1. The lowest BCUT2D eigenvalue weighted by atomic mass is 10.1. The number of amides is 1. The van der Waals surface area contributed by atoms with Gasteiger partial charge in [0, 0.05) is 58.6 Å². The molecule has 0 spiro atoms. The van der Waals surface area contributed by atoms with Crippen molar-refractivity contribution in [1.82, 2.24) is 29.4 Å². The number of fused-ring (bicyclic) bond motifs is 1. The maximum Gasteiger partial charge on any atom is 0.416 e. The van der Waals surface area contributed by atoms with Gasteiger partial charge in [-0.2, -0.15) is 18.2 Å². The highest BCUT2D eigenvalue weighted by molar-refractivity contribution is 6.36. The number of aryl methyl sites for hydroxylation is 1. The van der Waals surface area contributed by atoms with Crippen LogP contribution >= 0.6 is 11.6 Å². The van der Waals surface area contributed by atoms with Gasteiger partial charge in [0.05, 0.1) is 30.3 Å². The van der Waals surface area contributed by atoms with Gasteiger partial charge in [-0.3, -0.25) is 14.6 Å². The number of aromatic nitrogens is 5. The monoisotopic (exact) mass is 671 g/mol. The number of pyridine rings is 1. The first-order chi connectivity index (χ1) is 22.5. The maximum absolute atomic E-state index is 14.1. The van der Waals surface area contributed by atoms with Gasteiger partial charge in [0.25, 0.3) is 0 Å². The van der Waals surface area contributed by atoms with Crippen molar-refractivity contribution in [2.75, 3.05) is 37.5 Å². The fourth-order valence-electron chi connectivity index (χ4n) is 5.48. The number of rotatable bonds is 10. The van der Waals surface area contributed by atoms with Gasteiger partial charge >= 0.3 is 6.18 Å². The zero-order valence-electron chi connectivity index (χ0n) is 25.9. The van der Waals surface area contributed by atoms with Gasteiger partial charge in [0.1, 0.15) is 16.2 Å². The molecule has 2 fully saturated rings. The van der Waals surface area contributed by atoms with Crippen LogP contribution in [0.25, 0.3) is 16.9 Å². The normalized spacial score (nSPS) is 17.3. The highest BCUT2D eigenvalue weighted by Gasteiger charge is 2.35. The zero-order chi connectivity index (χ0) is 33.5. The number of hydrogen-bond acceptors (Lipinski definition) is 10. The van der Waals surface area contributed by atoms with Crippen molar-refractivity contribution >= 4 is 51.9 Å². The van der Waals surface area contributed by atoms with Gasteiger partial charge < -0.3 is 25.1 Å². The van der Waals surface area contributed by atoms with E-state index in [1.165, 1.54) is 35.8 Å². The molecule has 3 N–H and O–H groups in total. The van der Waals surface area contributed by atoms with Crippen LogP contribution in [0.1, 0.15) is 36.1 Å². The van der Waals surface area contributed by atoms with Crippen molar-refractivity contribution in [3.63, 3.8) is 0 Å². The number of carbonyl (C=O) groups excluding carboxylic acids is 1. The van der Waals surface area contributed by atoms with E-state index in [0.29, 0.717) is 30.1 Å². The molecule has 1 saturated carbocycles. The molecule has 4 aromatic rings. The van der Waals surface area contributed by atoms with Crippen LogP contribution in [0.15, 0.2) is 43.0 Å². The number of methoxy groups -OCH3 is 1. The molecule has 4 heterocycles. The van der Waals surface area contributed by atoms with E-state index in [-0.39, 0.29) is 63.9 Å². The number of imidazole rings is 1. The molecule has 3 aromatic heterocycles. The summed E-state index contributed by atoms with van der Waals surface area (Å²) in [6.45, 7) is 1.41. The Kier molecular flexibility index (Phi) is 8.96. The third-order valence-electron chi connectivity index (χ3n) is 8.30. The number of halogens is 4. The molecule has 47 heavy (non-hydrogen) atoms. The van der Waals surface area contributed by atoms with E-state index >= 15 is 0 Å². The minimum absolute atomic E-state index is 0.00887. The van der Waals surface area contributed by atoms with Crippen molar-refractivity contribution in [1.29, 1.82) is 0 Å². The number of benzene rings is 1. The van der Waals surface area contributed by atoms with Crippen LogP contribution in [0.5, 0.6) is 5.75 Å². The number of alkyl halides is 3. The molecule has 1 aromatic carbocycles. The molecule has 6 rings (SSSR count). The Morgan fingerprint density at radius 2 is 1.98 bits per heavy atom. The van der Waals surface area contributed by atoms with Crippen LogP contribution in [0.4, 0.5) is 30.6 Å². The molecule has 2 aliphatic rings. The van der Waals surface area contributed by atoms with Crippen LogP contribution in [0.3, 0.4) is 0 Å². The van der Waals surface area contributed by atoms with Crippen LogP contribution in [0, 0.1) is 5.92 Å². The lowest BCUT2D eigenvalue weighted by molar-refractivity contribution is -0.138. The standard InChI is InChI=1S/C31H33ClF3N9O3/c1-42(29(45)17-4-5-17)25-14-37-22(12-38-25)23(11-36)47-24-13-39-28-27(26(24)32)43(2)30(41-28)40-19-7-6-18(21(10-19)31(33,34)35)15-44-9-8-20(16-44)46-3/h6-7,10-14,17,20H,4-5,8-9,15-16,36H2,1-3H3,(H,39,40,41)/t20-/m0/s1. The second-order valence-corrected chi connectivity index (χ2v) is 11.9. The predicted molar refractivity (Wildman–Crippen MR) is 170 cm³/mol. The number of likely N-dealkylation sites (tertiary alicyclic amines) is 1. The van der Waals surface area contributed by atoms with Gasteiger partial charge in [-0.15, -0.1) is 0 Å². The number of nitrogens with zero attached hydrogens (tertiary/aromatic N) is 7. The SMILES string of the molecule is CO[C@H]1CCN(Cc2ccc(Nc3nc4ncc(OC(=CN)c5cnc(N(C)C(=O)C6CC6)cn5)c(Cl)c4n3C)cc2C(F)(F)F)C1. The van der Waals surface area contributed by atoms with E-state index in [2.05, 4.69) is 25.3 Å². The van der Waals surface area contributed by atoms with E-state index in [0.717, 1.165) is 25.3 Å². The molecule has 248 valence electrons. The van der Waals surface area contributed by atoms with Crippen molar-refractivity contribution in [3.8, 4) is 5.75 Å². The van der Waals surface area contributed by atoms with Gasteiger partial charge in [-0.1, -0.05) is 17.7 Å². The smallest absolute Gasteiger partial charge is 0.416 e. The van der Waals surface area contributed by atoms with Crippen LogP contribution in [-0.2, 0) is 29.3 Å². The van der Waals surface area contributed by atoms with Crippen LogP contribution in [-0.4, -0.2) is 68.7 Å². The van der Waals surface area contributed by atoms with Crippen LogP contribution in [0.2, 0.25) is 5.02 Å². The Morgan fingerprint density at radius 3 is 2.62 bits per heavy atom. The number of carbonyl (C=O) groups is 1. The zero-order valence-corrected chi connectivity index (χ0v) is 26.6. The van der Waals surface area contributed by atoms with Gasteiger partial charge in [-0.25, -0.2) is 15.0 Å². The molecule has 1 saturated heterocycles. The Bertz CT molecular complexity index is 1830. The summed E-state index contributed by atoms with van der Waals surface area (Å²) in [4.78, 5) is 33.2. The van der Waals surface area contributed by atoms with E-state index < -0.39 is 11.7 Å². The first-order valence-electron chi connectivity index (χ1n) is 14.9. The van der Waals surface area contributed by atoms with E-state index in [1.807, 2.05) is 4.90 Å². The van der Waals surface area contributed by atoms with E-state index in [4.69, 9.17) is 26.8 Å². The molecular weight excluding hydrogens is 639 g/mol. The Morgan fingerprint density at radius 1 is 1.19 bits per heavy atom. The second-order valence-electron chi connectivity index (χ2n) is 11.5. The van der Waals surface area contributed by atoms with Gasteiger partial charge in [0.15, 0.2) is 23.0 Å². The van der Waals surface area contributed by atoms with Crippen LogP contribution < -0.4 is 20.7 Å². The largest absolute Gasteiger partial charge is 0.450 e. The van der Waals surface area contributed by atoms with E-state index in [1.54, 1.807) is 31.8 Å². The molecule has 1 amide bonds. The summed E-state index contributed by atoms with van der Waals surface area (Å²) < 4.78 is 55.3. The van der Waals surface area contributed by atoms with E-state index in [9.17, 15) is 18.0 Å². The number of nitrogens with two attached hydrogens (primary N) is 1. The van der Waals surface area contributed by atoms with Crippen molar-refractivity contribution < 1.29 is 27.4 Å². The van der Waals surface area contributed by atoms with Gasteiger partial charge in [0.2, 0.25) is 11.9 Å². The highest BCUT2D eigenvalue weighted by Crippen LogP contribution is 2.38. The average molecular weight is 672 g/mol. The minimum atomic E-state index is -4.56. The molecule has 1 aliphatic carbocycles. The summed E-state index contributed by atoms with van der Waals surface area (Å²) in [5.74, 6) is 0.904. The molecule has 0 bridgehead atoms. The first kappa shape index (κ1) is 32.5. The summed E-state index contributed by atoms with van der Waals surface area (Å²) >= 11 is 6.73. The quantitative estimate of drug-likeness (QED) is 0.219. The highest BCUT2D eigenvalue weighted by atomic mass is 35.5. The molecule has 1 aliphatic heterocycles. The number of ether oxygens (including phenoxy) is 2. The lowest BCUT2D eigenvalue weighted by Crippen LogP contribution is -2.28. The molecule has 1 atom stereocenters. The molecule has 0 unspecified atom stereocenters. The lowest BCUT2D eigenvalue weighted by Gasteiger charge is -2.20. The topological polar surface area (TPSA) is 137 Å². The molecule has 16 heteroatoms. The molecule has 12 nitrogen and oxygen atoms in total. The number of anilines is 3. The summed E-state index contributed by atoms with van der Waals surface area (Å²) in [6, 6.07) is 4.14. The number of hydrogen-bond donors (Lipinski definition) is 2. The summed E-state index contributed by atoms with van der Waals surface area (Å²) in [6.07, 6.45) is 3.42. The molecule has 0 radical (unpaired) electrons. The Balaban J connectivity index is 1.21. The Labute approximate surface area is 273 Å². The summed E-state index contributed by atoms with van der Waals surface area (Å²) in [5.41, 5.74) is 6.40. The maximum atomic E-state index is 14.1. The fourth-order valence-corrected chi connectivity index (χ4v) is 5.78.